The fourth-order valence-corrected chi connectivity index (χ4v) is 2.70. The van der Waals surface area contributed by atoms with Gasteiger partial charge in [0.2, 0.25) is 5.91 Å². The minimum absolute atomic E-state index is 0. The molecule has 1 fully saturated rings. The molecule has 1 aromatic carbocycles. The van der Waals surface area contributed by atoms with Gasteiger partial charge in [0, 0.05) is 18.9 Å². The summed E-state index contributed by atoms with van der Waals surface area (Å²) >= 11 is 0. The predicted molar refractivity (Wildman–Crippen MR) is 93.4 cm³/mol. The van der Waals surface area contributed by atoms with Gasteiger partial charge in [0.1, 0.15) is 5.75 Å². The van der Waals surface area contributed by atoms with Gasteiger partial charge in [0.25, 0.3) is 5.91 Å². The van der Waals surface area contributed by atoms with Crippen LogP contribution in [0.15, 0.2) is 24.3 Å². The van der Waals surface area contributed by atoms with E-state index in [1.54, 1.807) is 31.4 Å². The third kappa shape index (κ3) is 5.36. The molecule has 2 amide bonds. The number of benzene rings is 1. The maximum atomic E-state index is 12.7. The van der Waals surface area contributed by atoms with E-state index < -0.39 is 11.3 Å². The molecule has 1 aromatic rings. The van der Waals surface area contributed by atoms with Gasteiger partial charge in [-0.2, -0.15) is 0 Å². The first-order valence-electron chi connectivity index (χ1n) is 7.58. The minimum Gasteiger partial charge on any atom is -0.484 e. The van der Waals surface area contributed by atoms with Crippen LogP contribution in [0.4, 0.5) is 5.69 Å². The Morgan fingerprint density at radius 2 is 2.04 bits per heavy atom. The molecule has 0 atom stereocenters. The molecule has 0 radical (unpaired) electrons. The quantitative estimate of drug-likeness (QED) is 0.673. The van der Waals surface area contributed by atoms with Crippen molar-refractivity contribution in [3.63, 3.8) is 0 Å². The van der Waals surface area contributed by atoms with Crippen LogP contribution in [0, 0.1) is 5.41 Å². The lowest BCUT2D eigenvalue weighted by Crippen LogP contribution is -2.47. The molecule has 4 N–H and O–H groups in total. The number of methoxy groups -OCH3 is 1. The van der Waals surface area contributed by atoms with Crippen molar-refractivity contribution in [1.82, 2.24) is 5.32 Å². The average Bonchev–Trinajstić information content (AvgIpc) is 2.54. The largest absolute Gasteiger partial charge is 0.484 e. The lowest BCUT2D eigenvalue weighted by molar-refractivity contribution is -0.130. The van der Waals surface area contributed by atoms with Crippen LogP contribution in [-0.2, 0) is 14.3 Å². The van der Waals surface area contributed by atoms with Gasteiger partial charge in [0.05, 0.1) is 12.0 Å². The number of primary amides is 1. The van der Waals surface area contributed by atoms with Crippen LogP contribution in [0.25, 0.3) is 0 Å². The maximum Gasteiger partial charge on any atom is 0.255 e. The topological polar surface area (TPSA) is 103 Å². The summed E-state index contributed by atoms with van der Waals surface area (Å²) in [6.45, 7) is 1.77. The van der Waals surface area contributed by atoms with Gasteiger partial charge < -0.3 is 25.8 Å². The molecule has 7 nitrogen and oxygen atoms in total. The summed E-state index contributed by atoms with van der Waals surface area (Å²) in [5.41, 5.74) is 5.15. The molecule has 1 saturated heterocycles. The number of rotatable bonds is 7. The highest BCUT2D eigenvalue weighted by Gasteiger charge is 2.39. The van der Waals surface area contributed by atoms with E-state index in [2.05, 4.69) is 10.6 Å². The Balaban J connectivity index is 0.00000288. The fraction of sp³-hybridized carbons (Fsp3) is 0.500. The number of anilines is 1. The average molecular weight is 358 g/mol. The second-order valence-electron chi connectivity index (χ2n) is 5.70. The number of hydrogen-bond acceptors (Lipinski definition) is 5. The van der Waals surface area contributed by atoms with Crippen molar-refractivity contribution in [1.29, 1.82) is 0 Å². The predicted octanol–water partition coefficient (Wildman–Crippen LogP) is 0.927. The van der Waals surface area contributed by atoms with Crippen molar-refractivity contribution in [2.24, 2.45) is 11.1 Å². The van der Waals surface area contributed by atoms with E-state index in [0.717, 1.165) is 25.9 Å². The zero-order valence-electron chi connectivity index (χ0n) is 13.7. The molecule has 2 rings (SSSR count). The Kier molecular flexibility index (Phi) is 7.97. The molecular formula is C16H24ClN3O4. The molecule has 1 aliphatic rings. The number of nitrogens with two attached hydrogens (primary N) is 1. The highest BCUT2D eigenvalue weighted by Crippen LogP contribution is 2.31. The van der Waals surface area contributed by atoms with Crippen LogP contribution < -0.4 is 21.1 Å². The first kappa shape index (κ1) is 20.2. The summed E-state index contributed by atoms with van der Waals surface area (Å²) in [7, 11) is 1.61. The van der Waals surface area contributed by atoms with E-state index in [1.165, 1.54) is 0 Å². The molecule has 0 unspecified atom stereocenters. The van der Waals surface area contributed by atoms with Crippen LogP contribution in [0.3, 0.4) is 0 Å². The highest BCUT2D eigenvalue weighted by atomic mass is 35.5. The van der Waals surface area contributed by atoms with Crippen molar-refractivity contribution < 1.29 is 19.1 Å². The van der Waals surface area contributed by atoms with E-state index in [9.17, 15) is 9.59 Å². The zero-order chi connectivity index (χ0) is 16.7. The van der Waals surface area contributed by atoms with E-state index in [-0.39, 0.29) is 24.9 Å². The molecule has 0 saturated carbocycles. The lowest BCUT2D eigenvalue weighted by atomic mass is 9.78. The highest BCUT2D eigenvalue weighted by molar-refractivity contribution is 5.95. The lowest BCUT2D eigenvalue weighted by Gasteiger charge is -2.35. The molecule has 1 heterocycles. The Morgan fingerprint density at radius 3 is 2.67 bits per heavy atom. The van der Waals surface area contributed by atoms with Gasteiger partial charge in [-0.15, -0.1) is 12.4 Å². The van der Waals surface area contributed by atoms with Gasteiger partial charge in [0.15, 0.2) is 6.61 Å². The number of amides is 2. The molecule has 0 bridgehead atoms. The molecule has 0 aliphatic carbocycles. The zero-order valence-corrected chi connectivity index (χ0v) is 14.5. The normalized spacial score (nSPS) is 15.9. The Bertz CT molecular complexity index is 556. The number of ether oxygens (including phenoxy) is 2. The van der Waals surface area contributed by atoms with Crippen molar-refractivity contribution in [3.8, 4) is 5.75 Å². The minimum atomic E-state index is -0.548. The van der Waals surface area contributed by atoms with E-state index in [0.29, 0.717) is 18.0 Å². The standard InChI is InChI=1S/C16H23N3O4.ClH/c1-22-11-16(5-7-18-8-6-16)15(21)19-12-3-2-4-13(9-12)23-10-14(17)20;/h2-4,9,18H,5-8,10-11H2,1H3,(H2,17,20)(H,19,21);1H. The first-order chi connectivity index (χ1) is 11.1. The van der Waals surface area contributed by atoms with Gasteiger partial charge in [-0.25, -0.2) is 0 Å². The van der Waals surface area contributed by atoms with Gasteiger partial charge in [-0.05, 0) is 38.1 Å². The Hall–Kier alpha value is -1.83. The summed E-state index contributed by atoms with van der Waals surface area (Å²) in [6.07, 6.45) is 1.45. The van der Waals surface area contributed by atoms with Crippen LogP contribution in [-0.4, -0.2) is 45.2 Å². The molecule has 24 heavy (non-hydrogen) atoms. The van der Waals surface area contributed by atoms with E-state index >= 15 is 0 Å². The number of hydrogen-bond donors (Lipinski definition) is 3. The van der Waals surface area contributed by atoms with E-state index in [4.69, 9.17) is 15.2 Å². The summed E-state index contributed by atoms with van der Waals surface area (Å²) < 4.78 is 10.5. The van der Waals surface area contributed by atoms with Crippen LogP contribution >= 0.6 is 12.4 Å². The second kappa shape index (κ2) is 9.46. The summed E-state index contributed by atoms with van der Waals surface area (Å²) in [5, 5.41) is 6.18. The molecule has 134 valence electrons. The molecule has 8 heteroatoms. The van der Waals surface area contributed by atoms with Gasteiger partial charge in [-0.3, -0.25) is 9.59 Å². The van der Waals surface area contributed by atoms with Crippen LogP contribution in [0.5, 0.6) is 5.75 Å². The Labute approximate surface area is 147 Å². The van der Waals surface area contributed by atoms with E-state index in [1.807, 2.05) is 0 Å². The monoisotopic (exact) mass is 357 g/mol. The first-order valence-corrected chi connectivity index (χ1v) is 7.58. The Morgan fingerprint density at radius 1 is 1.33 bits per heavy atom. The van der Waals surface area contributed by atoms with Crippen molar-refractivity contribution in [2.75, 3.05) is 38.7 Å². The van der Waals surface area contributed by atoms with Crippen molar-refractivity contribution >= 4 is 29.9 Å². The number of halogens is 1. The third-order valence-corrected chi connectivity index (χ3v) is 3.94. The number of carbonyl (C=O) groups is 2. The summed E-state index contributed by atoms with van der Waals surface area (Å²) in [4.78, 5) is 23.5. The molecular weight excluding hydrogens is 334 g/mol. The molecule has 0 spiro atoms. The fourth-order valence-electron chi connectivity index (χ4n) is 2.70. The number of piperidine rings is 1. The molecule has 0 aromatic heterocycles. The summed E-state index contributed by atoms with van der Waals surface area (Å²) in [6, 6.07) is 6.89. The summed E-state index contributed by atoms with van der Waals surface area (Å²) in [5.74, 6) is -0.131. The molecule has 1 aliphatic heterocycles. The number of carbonyl (C=O) groups excluding carboxylic acids is 2. The SMILES string of the molecule is COCC1(C(=O)Nc2cccc(OCC(N)=O)c2)CCNCC1.Cl. The third-order valence-electron chi connectivity index (χ3n) is 3.94. The van der Waals surface area contributed by atoms with Crippen LogP contribution in [0.1, 0.15) is 12.8 Å². The van der Waals surface area contributed by atoms with Gasteiger partial charge >= 0.3 is 0 Å². The number of nitrogens with one attached hydrogen (secondary N) is 2. The van der Waals surface area contributed by atoms with Crippen LogP contribution in [0.2, 0.25) is 0 Å². The second-order valence-corrected chi connectivity index (χ2v) is 5.70. The van der Waals surface area contributed by atoms with Crippen molar-refractivity contribution in [2.45, 2.75) is 12.8 Å². The van der Waals surface area contributed by atoms with Gasteiger partial charge in [-0.1, -0.05) is 6.07 Å². The smallest absolute Gasteiger partial charge is 0.255 e. The maximum absolute atomic E-state index is 12.7. The van der Waals surface area contributed by atoms with Crippen molar-refractivity contribution in [3.05, 3.63) is 24.3 Å².